The van der Waals surface area contributed by atoms with Crippen LogP contribution in [0.25, 0.3) is 0 Å². The van der Waals surface area contributed by atoms with Gasteiger partial charge in [-0.2, -0.15) is 4.37 Å². The third kappa shape index (κ3) is 3.51. The Morgan fingerprint density at radius 1 is 1.42 bits per heavy atom. The smallest absolute Gasteiger partial charge is 0.251 e. The lowest BCUT2D eigenvalue weighted by molar-refractivity contribution is 0.0963. The molecule has 6 heteroatoms. The predicted octanol–water partition coefficient (Wildman–Crippen LogP) is 2.07. The van der Waals surface area contributed by atoms with Gasteiger partial charge in [0.15, 0.2) is 0 Å². The molecule has 2 N–H and O–H groups in total. The van der Waals surface area contributed by atoms with Gasteiger partial charge in [-0.15, -0.1) is 0 Å². The Morgan fingerprint density at radius 3 is 2.95 bits per heavy atom. The molecule has 0 bridgehead atoms. The Bertz CT molecular complexity index is 567. The lowest BCUT2D eigenvalue weighted by Crippen LogP contribution is -2.17. The van der Waals surface area contributed by atoms with Crippen LogP contribution in [0.2, 0.25) is 0 Å². The topological polar surface area (TPSA) is 66.9 Å². The molecule has 0 aliphatic heterocycles. The van der Waals surface area contributed by atoms with Crippen LogP contribution in [-0.4, -0.2) is 22.3 Å². The second kappa shape index (κ2) is 6.29. The monoisotopic (exact) mass is 276 g/mol. The zero-order valence-electron chi connectivity index (χ0n) is 10.9. The van der Waals surface area contributed by atoms with Crippen molar-refractivity contribution in [3.8, 4) is 0 Å². The third-order valence-electron chi connectivity index (χ3n) is 2.64. The fraction of sp³-hybridized carbons (Fsp3) is 0.308. The number of amides is 1. The van der Waals surface area contributed by atoms with Gasteiger partial charge in [0.05, 0.1) is 0 Å². The van der Waals surface area contributed by atoms with Crippen molar-refractivity contribution < 1.29 is 4.79 Å². The molecule has 0 fully saturated rings. The fourth-order valence-corrected chi connectivity index (χ4v) is 2.26. The molecule has 2 rings (SSSR count). The molecule has 0 spiro atoms. The zero-order chi connectivity index (χ0) is 13.7. The van der Waals surface area contributed by atoms with Gasteiger partial charge in [-0.25, -0.2) is 4.98 Å². The van der Waals surface area contributed by atoms with Crippen LogP contribution in [0.4, 0.5) is 5.13 Å². The number of aromatic nitrogens is 2. The number of carbonyl (C=O) groups is 1. The minimum absolute atomic E-state index is 0.0777. The summed E-state index contributed by atoms with van der Waals surface area (Å²) in [5.74, 6) is 0.776. The van der Waals surface area contributed by atoms with E-state index >= 15 is 0 Å². The quantitative estimate of drug-likeness (QED) is 0.877. The number of carbonyl (C=O) groups excluding carboxylic acids is 1. The summed E-state index contributed by atoms with van der Waals surface area (Å²) in [6, 6.07) is 7.51. The average molecular weight is 276 g/mol. The molecule has 1 heterocycles. The Hall–Kier alpha value is -1.95. The Balaban J connectivity index is 2.01. The first-order chi connectivity index (χ1) is 9.22. The molecular formula is C13H16N4OS. The maximum Gasteiger partial charge on any atom is 0.251 e. The average Bonchev–Trinajstić information content (AvgIpc) is 2.92. The van der Waals surface area contributed by atoms with Crippen LogP contribution in [0.3, 0.4) is 0 Å². The van der Waals surface area contributed by atoms with Gasteiger partial charge in [0.2, 0.25) is 5.13 Å². The van der Waals surface area contributed by atoms with Crippen molar-refractivity contribution in [3.63, 3.8) is 0 Å². The SMILES string of the molecule is CCc1nsc(NCc2cccc(C(=O)NC)c2)n1. The highest BCUT2D eigenvalue weighted by Crippen LogP contribution is 2.13. The van der Waals surface area contributed by atoms with E-state index in [4.69, 9.17) is 0 Å². The van der Waals surface area contributed by atoms with Crippen molar-refractivity contribution in [2.45, 2.75) is 19.9 Å². The molecule has 100 valence electrons. The summed E-state index contributed by atoms with van der Waals surface area (Å²) >= 11 is 1.36. The van der Waals surface area contributed by atoms with Crippen LogP contribution >= 0.6 is 11.5 Å². The highest BCUT2D eigenvalue weighted by molar-refractivity contribution is 7.09. The first-order valence-corrected chi connectivity index (χ1v) is 6.87. The Labute approximate surface area is 116 Å². The maximum atomic E-state index is 11.5. The summed E-state index contributed by atoms with van der Waals surface area (Å²) in [4.78, 5) is 15.9. The van der Waals surface area contributed by atoms with E-state index in [1.54, 1.807) is 13.1 Å². The van der Waals surface area contributed by atoms with Gasteiger partial charge in [0, 0.05) is 37.1 Å². The minimum Gasteiger partial charge on any atom is -0.356 e. The van der Waals surface area contributed by atoms with E-state index in [0.29, 0.717) is 12.1 Å². The van der Waals surface area contributed by atoms with E-state index in [-0.39, 0.29) is 5.91 Å². The molecule has 2 aromatic rings. The van der Waals surface area contributed by atoms with Crippen molar-refractivity contribution in [1.29, 1.82) is 0 Å². The van der Waals surface area contributed by atoms with E-state index in [2.05, 4.69) is 20.0 Å². The van der Waals surface area contributed by atoms with Gasteiger partial charge >= 0.3 is 0 Å². The van der Waals surface area contributed by atoms with Crippen LogP contribution in [0.5, 0.6) is 0 Å². The first-order valence-electron chi connectivity index (χ1n) is 6.10. The van der Waals surface area contributed by atoms with E-state index in [1.165, 1.54) is 11.5 Å². The lowest BCUT2D eigenvalue weighted by atomic mass is 10.1. The molecular weight excluding hydrogens is 260 g/mol. The summed E-state index contributed by atoms with van der Waals surface area (Å²) in [5.41, 5.74) is 1.70. The van der Waals surface area contributed by atoms with Crippen LogP contribution in [0.15, 0.2) is 24.3 Å². The van der Waals surface area contributed by atoms with E-state index in [0.717, 1.165) is 22.9 Å². The summed E-state index contributed by atoms with van der Waals surface area (Å²) < 4.78 is 4.21. The van der Waals surface area contributed by atoms with E-state index < -0.39 is 0 Å². The standard InChI is InChI=1S/C13H16N4OS/c1-3-11-16-13(19-17-11)15-8-9-5-4-6-10(7-9)12(18)14-2/h4-7H,3,8H2,1-2H3,(H,14,18)(H,15,16,17). The van der Waals surface area contributed by atoms with Gasteiger partial charge in [-0.3, -0.25) is 4.79 Å². The molecule has 1 aromatic heterocycles. The largest absolute Gasteiger partial charge is 0.356 e. The number of anilines is 1. The number of rotatable bonds is 5. The van der Waals surface area contributed by atoms with Crippen molar-refractivity contribution >= 4 is 22.6 Å². The second-order valence-electron chi connectivity index (χ2n) is 4.00. The summed E-state index contributed by atoms with van der Waals surface area (Å²) in [5, 5.41) is 6.63. The number of hydrogen-bond acceptors (Lipinski definition) is 5. The van der Waals surface area contributed by atoms with Gasteiger partial charge in [-0.05, 0) is 17.7 Å². The maximum absolute atomic E-state index is 11.5. The number of benzene rings is 1. The molecule has 1 amide bonds. The molecule has 0 unspecified atom stereocenters. The van der Waals surface area contributed by atoms with Crippen molar-refractivity contribution in [1.82, 2.24) is 14.7 Å². The summed E-state index contributed by atoms with van der Waals surface area (Å²) in [7, 11) is 1.63. The number of hydrogen-bond donors (Lipinski definition) is 2. The molecule has 0 radical (unpaired) electrons. The Kier molecular flexibility index (Phi) is 4.46. The van der Waals surface area contributed by atoms with Gasteiger partial charge in [0.25, 0.3) is 5.91 Å². The molecule has 5 nitrogen and oxygen atoms in total. The van der Waals surface area contributed by atoms with Gasteiger partial charge in [0.1, 0.15) is 5.82 Å². The van der Waals surface area contributed by atoms with E-state index in [1.807, 2.05) is 25.1 Å². The van der Waals surface area contributed by atoms with E-state index in [9.17, 15) is 4.79 Å². The van der Waals surface area contributed by atoms with Gasteiger partial charge in [-0.1, -0.05) is 19.1 Å². The summed E-state index contributed by atoms with van der Waals surface area (Å²) in [6.07, 6.45) is 0.838. The molecule has 1 aromatic carbocycles. The van der Waals surface area contributed by atoms with Crippen LogP contribution in [-0.2, 0) is 13.0 Å². The molecule has 0 saturated heterocycles. The van der Waals surface area contributed by atoms with Crippen molar-refractivity contribution in [2.24, 2.45) is 0 Å². The molecule has 0 aliphatic rings. The Morgan fingerprint density at radius 2 is 2.26 bits per heavy atom. The first kappa shape index (κ1) is 13.5. The van der Waals surface area contributed by atoms with Crippen LogP contribution < -0.4 is 10.6 Å². The highest BCUT2D eigenvalue weighted by Gasteiger charge is 2.05. The number of nitrogens with one attached hydrogen (secondary N) is 2. The fourth-order valence-electron chi connectivity index (χ4n) is 1.61. The van der Waals surface area contributed by atoms with Crippen molar-refractivity contribution in [2.75, 3.05) is 12.4 Å². The highest BCUT2D eigenvalue weighted by atomic mass is 32.1. The molecule has 0 saturated carbocycles. The normalized spacial score (nSPS) is 10.2. The number of nitrogens with zero attached hydrogens (tertiary/aromatic N) is 2. The number of aryl methyl sites for hydroxylation is 1. The predicted molar refractivity (Wildman–Crippen MR) is 76.4 cm³/mol. The minimum atomic E-state index is -0.0777. The molecule has 19 heavy (non-hydrogen) atoms. The van der Waals surface area contributed by atoms with Gasteiger partial charge < -0.3 is 10.6 Å². The summed E-state index contributed by atoms with van der Waals surface area (Å²) in [6.45, 7) is 2.65. The molecule has 0 atom stereocenters. The van der Waals surface area contributed by atoms with Crippen LogP contribution in [0.1, 0.15) is 28.7 Å². The van der Waals surface area contributed by atoms with Crippen LogP contribution in [0, 0.1) is 0 Å². The third-order valence-corrected chi connectivity index (χ3v) is 3.35. The molecule has 0 aliphatic carbocycles. The second-order valence-corrected chi connectivity index (χ2v) is 4.75. The zero-order valence-corrected chi connectivity index (χ0v) is 11.8. The van der Waals surface area contributed by atoms with Crippen molar-refractivity contribution in [3.05, 3.63) is 41.2 Å². The lowest BCUT2D eigenvalue weighted by Gasteiger charge is -2.05.